The van der Waals surface area contributed by atoms with Crippen LogP contribution in [0, 0.1) is 11.8 Å². The van der Waals surface area contributed by atoms with E-state index in [0.717, 1.165) is 50.9 Å². The van der Waals surface area contributed by atoms with E-state index in [1.807, 2.05) is 21.9 Å². The molecule has 1 aromatic heterocycles. The first-order valence-corrected chi connectivity index (χ1v) is 11.1. The van der Waals surface area contributed by atoms with Gasteiger partial charge in [-0.25, -0.2) is 0 Å². The average molecular weight is 399 g/mol. The van der Waals surface area contributed by atoms with E-state index in [2.05, 4.69) is 10.3 Å². The molecule has 7 nitrogen and oxygen atoms in total. The number of carbonyl (C=O) groups is 2. The normalized spacial score (nSPS) is 32.6. The van der Waals surface area contributed by atoms with Crippen LogP contribution in [0.2, 0.25) is 0 Å². The van der Waals surface area contributed by atoms with E-state index in [9.17, 15) is 9.59 Å². The maximum Gasteiger partial charge on any atom is 0.245 e. The number of fused-ring (bicyclic) bond motifs is 4. The quantitative estimate of drug-likeness (QED) is 0.834. The van der Waals surface area contributed by atoms with Crippen LogP contribution in [0.15, 0.2) is 24.5 Å². The summed E-state index contributed by atoms with van der Waals surface area (Å²) in [6.07, 6.45) is 8.86. The van der Waals surface area contributed by atoms with Crippen molar-refractivity contribution in [2.45, 2.75) is 56.7 Å². The van der Waals surface area contributed by atoms with Crippen LogP contribution in [0.25, 0.3) is 0 Å². The molecule has 0 radical (unpaired) electrons. The predicted octanol–water partition coefficient (Wildman–Crippen LogP) is 1.44. The molecule has 1 N–H and O–H groups in total. The molecule has 0 unspecified atom stereocenters. The number of pyridine rings is 1. The number of hydrogen-bond acceptors (Lipinski definition) is 5. The molecule has 0 spiro atoms. The summed E-state index contributed by atoms with van der Waals surface area (Å²) in [6, 6.07) is 3.74. The molecule has 5 heterocycles. The lowest BCUT2D eigenvalue weighted by atomic mass is 9.72. The van der Waals surface area contributed by atoms with Gasteiger partial charge in [0.25, 0.3) is 0 Å². The van der Waals surface area contributed by atoms with Crippen molar-refractivity contribution in [1.29, 1.82) is 0 Å². The van der Waals surface area contributed by atoms with E-state index in [0.29, 0.717) is 25.4 Å². The van der Waals surface area contributed by atoms with Gasteiger partial charge in [-0.3, -0.25) is 14.6 Å². The summed E-state index contributed by atoms with van der Waals surface area (Å²) in [7, 11) is 0. The minimum absolute atomic E-state index is 0.111. The Balaban J connectivity index is 1.26. The minimum Gasteiger partial charge on any atom is -0.489 e. The van der Waals surface area contributed by atoms with Gasteiger partial charge in [0.1, 0.15) is 17.9 Å². The van der Waals surface area contributed by atoms with Crippen LogP contribution in [-0.2, 0) is 9.59 Å². The molecule has 4 saturated heterocycles. The first-order chi connectivity index (χ1) is 14.2. The second-order valence-electron chi connectivity index (χ2n) is 8.95. The number of hydrogen-bond donors (Lipinski definition) is 1. The molecule has 4 aliphatic rings. The number of nitrogens with one attached hydrogen (secondary N) is 1. The molecule has 5 rings (SSSR count). The van der Waals surface area contributed by atoms with Crippen LogP contribution >= 0.6 is 0 Å². The van der Waals surface area contributed by atoms with Crippen LogP contribution in [-0.4, -0.2) is 71.0 Å². The molecular weight excluding hydrogens is 368 g/mol. The lowest BCUT2D eigenvalue weighted by Crippen LogP contribution is -2.68. The molecule has 156 valence electrons. The maximum absolute atomic E-state index is 13.6. The number of likely N-dealkylation sites (tertiary alicyclic amines) is 1. The summed E-state index contributed by atoms with van der Waals surface area (Å²) in [4.78, 5) is 34.5. The van der Waals surface area contributed by atoms with Crippen LogP contribution < -0.4 is 10.1 Å². The molecule has 0 aliphatic carbocycles. The Kier molecular flexibility index (Phi) is 5.16. The monoisotopic (exact) mass is 398 g/mol. The lowest BCUT2D eigenvalue weighted by molar-refractivity contribution is -0.162. The predicted molar refractivity (Wildman–Crippen MR) is 107 cm³/mol. The number of carbonyl (C=O) groups excluding carboxylic acids is 2. The smallest absolute Gasteiger partial charge is 0.245 e. The SMILES string of the molecule is O=C([C@H]1[C@@H]2CNC[C@@H](C2)[C@@H]2CCCC(=O)N21)N1CCC(Oc2cccnc2)CC1. The third kappa shape index (κ3) is 3.61. The average Bonchev–Trinajstić information content (AvgIpc) is 2.76. The highest BCUT2D eigenvalue weighted by molar-refractivity contribution is 5.89. The van der Waals surface area contributed by atoms with Gasteiger partial charge in [0.05, 0.1) is 6.20 Å². The number of nitrogens with zero attached hydrogens (tertiary/aromatic N) is 3. The molecule has 7 heteroatoms. The van der Waals surface area contributed by atoms with Crippen molar-refractivity contribution in [3.63, 3.8) is 0 Å². The number of piperidine rings is 4. The van der Waals surface area contributed by atoms with Gasteiger partial charge in [0.2, 0.25) is 11.8 Å². The van der Waals surface area contributed by atoms with Gasteiger partial charge in [-0.05, 0) is 43.9 Å². The molecule has 4 fully saturated rings. The van der Waals surface area contributed by atoms with E-state index in [1.54, 1.807) is 12.4 Å². The molecule has 2 amide bonds. The summed E-state index contributed by atoms with van der Waals surface area (Å²) >= 11 is 0. The maximum atomic E-state index is 13.6. The summed E-state index contributed by atoms with van der Waals surface area (Å²) in [5.74, 6) is 1.86. The Labute approximate surface area is 171 Å². The van der Waals surface area contributed by atoms with E-state index >= 15 is 0 Å². The summed E-state index contributed by atoms with van der Waals surface area (Å²) in [6.45, 7) is 3.19. The summed E-state index contributed by atoms with van der Waals surface area (Å²) in [5, 5.41) is 3.52. The molecule has 0 saturated carbocycles. The lowest BCUT2D eigenvalue weighted by Gasteiger charge is -2.54. The molecule has 2 bridgehead atoms. The molecule has 0 aromatic carbocycles. The Hall–Kier alpha value is -2.15. The number of rotatable bonds is 3. The van der Waals surface area contributed by atoms with E-state index in [-0.39, 0.29) is 35.9 Å². The highest BCUT2D eigenvalue weighted by Gasteiger charge is 2.51. The zero-order valence-corrected chi connectivity index (χ0v) is 16.8. The van der Waals surface area contributed by atoms with Gasteiger partial charge in [0.15, 0.2) is 0 Å². The number of amides is 2. The molecule has 4 aliphatic heterocycles. The van der Waals surface area contributed by atoms with Crippen molar-refractivity contribution in [2.24, 2.45) is 11.8 Å². The van der Waals surface area contributed by atoms with Crippen molar-refractivity contribution in [3.05, 3.63) is 24.5 Å². The van der Waals surface area contributed by atoms with Crippen LogP contribution in [0.3, 0.4) is 0 Å². The molecule has 4 atom stereocenters. The topological polar surface area (TPSA) is 74.8 Å². The zero-order valence-electron chi connectivity index (χ0n) is 16.8. The summed E-state index contributed by atoms with van der Waals surface area (Å²) < 4.78 is 6.02. The van der Waals surface area contributed by atoms with Crippen LogP contribution in [0.4, 0.5) is 0 Å². The van der Waals surface area contributed by atoms with Crippen LogP contribution in [0.5, 0.6) is 5.75 Å². The minimum atomic E-state index is -0.285. The largest absolute Gasteiger partial charge is 0.489 e. The highest BCUT2D eigenvalue weighted by atomic mass is 16.5. The van der Waals surface area contributed by atoms with Crippen molar-refractivity contribution < 1.29 is 14.3 Å². The van der Waals surface area contributed by atoms with E-state index < -0.39 is 0 Å². The van der Waals surface area contributed by atoms with Gasteiger partial charge >= 0.3 is 0 Å². The van der Waals surface area contributed by atoms with Crippen molar-refractivity contribution in [1.82, 2.24) is 20.1 Å². The standard InChI is InChI=1S/C22H30N4O3/c27-20-5-1-4-19-15-11-16(13-24-12-15)21(26(19)20)22(28)25-9-6-17(7-10-25)29-18-3-2-8-23-14-18/h2-3,8,14-17,19,21,24H,1,4-7,9-13H2/t15-,16+,19+,21-/m1/s1. The molecular formula is C22H30N4O3. The van der Waals surface area contributed by atoms with Gasteiger partial charge in [-0.2, -0.15) is 0 Å². The van der Waals surface area contributed by atoms with Crippen molar-refractivity contribution in [3.8, 4) is 5.75 Å². The Morgan fingerprint density at radius 2 is 2.00 bits per heavy atom. The second-order valence-corrected chi connectivity index (χ2v) is 8.95. The fraction of sp³-hybridized carbons (Fsp3) is 0.682. The van der Waals surface area contributed by atoms with Crippen molar-refractivity contribution >= 4 is 11.8 Å². The second kappa shape index (κ2) is 7.94. The number of aromatic nitrogens is 1. The van der Waals surface area contributed by atoms with Crippen molar-refractivity contribution in [2.75, 3.05) is 26.2 Å². The third-order valence-corrected chi connectivity index (χ3v) is 7.19. The van der Waals surface area contributed by atoms with E-state index in [1.165, 1.54) is 0 Å². The Morgan fingerprint density at radius 3 is 2.79 bits per heavy atom. The van der Waals surface area contributed by atoms with Crippen LogP contribution in [0.1, 0.15) is 38.5 Å². The third-order valence-electron chi connectivity index (χ3n) is 7.19. The first-order valence-electron chi connectivity index (χ1n) is 11.1. The van der Waals surface area contributed by atoms with Gasteiger partial charge in [-0.1, -0.05) is 0 Å². The fourth-order valence-corrected chi connectivity index (χ4v) is 5.82. The Bertz CT molecular complexity index is 750. The first kappa shape index (κ1) is 18.9. The molecule has 29 heavy (non-hydrogen) atoms. The highest BCUT2D eigenvalue weighted by Crippen LogP contribution is 2.40. The fourth-order valence-electron chi connectivity index (χ4n) is 5.82. The summed E-state index contributed by atoms with van der Waals surface area (Å²) in [5.41, 5.74) is 0. The van der Waals surface area contributed by atoms with Gasteiger partial charge < -0.3 is 19.9 Å². The van der Waals surface area contributed by atoms with E-state index in [4.69, 9.17) is 4.74 Å². The van der Waals surface area contributed by atoms with Gasteiger partial charge in [-0.15, -0.1) is 0 Å². The molecule has 1 aromatic rings. The number of ether oxygens (including phenoxy) is 1. The Morgan fingerprint density at radius 1 is 1.17 bits per heavy atom. The zero-order chi connectivity index (χ0) is 19.8. The van der Waals surface area contributed by atoms with Gasteiger partial charge in [0, 0.05) is 57.1 Å².